The minimum atomic E-state index is -3.40. The number of morpholine rings is 1. The molecular weight excluding hydrogens is 336 g/mol. The number of carbonyl (C=O) groups excluding carboxylic acids is 1. The molecule has 134 valence electrons. The van der Waals surface area contributed by atoms with Gasteiger partial charge in [-0.3, -0.25) is 4.79 Å². The van der Waals surface area contributed by atoms with E-state index in [2.05, 4.69) is 15.3 Å². The van der Waals surface area contributed by atoms with Crippen LogP contribution in [-0.4, -0.2) is 81.2 Å². The molecule has 0 radical (unpaired) electrons. The summed E-state index contributed by atoms with van der Waals surface area (Å²) in [4.78, 5) is 22.4. The summed E-state index contributed by atoms with van der Waals surface area (Å²) in [6.45, 7) is 2.02. The van der Waals surface area contributed by atoms with Crippen LogP contribution in [-0.2, 0) is 24.1 Å². The van der Waals surface area contributed by atoms with Crippen LogP contribution in [0, 0.1) is 0 Å². The largest absolute Gasteiger partial charge is 0.383 e. The molecule has 2 heterocycles. The fraction of sp³-hybridized carbons (Fsp3) is 0.643. The van der Waals surface area contributed by atoms with E-state index >= 15 is 0 Å². The number of rotatable bonds is 7. The molecule has 0 saturated carbocycles. The zero-order valence-electron chi connectivity index (χ0n) is 13.8. The third-order valence-corrected chi connectivity index (χ3v) is 4.19. The number of methoxy groups -OCH3 is 1. The number of nitrogens with one attached hydrogen (secondary N) is 1. The first-order valence-corrected chi connectivity index (χ1v) is 9.57. The second-order valence-electron chi connectivity index (χ2n) is 5.47. The zero-order valence-corrected chi connectivity index (χ0v) is 14.6. The lowest BCUT2D eigenvalue weighted by Crippen LogP contribution is -2.46. The molecule has 1 aliphatic heterocycles. The summed E-state index contributed by atoms with van der Waals surface area (Å²) in [7, 11) is -1.79. The van der Waals surface area contributed by atoms with Gasteiger partial charge in [-0.15, -0.1) is 0 Å². The maximum Gasteiger partial charge on any atom is 0.238 e. The summed E-state index contributed by atoms with van der Waals surface area (Å²) in [6, 6.07) is 1.21. The van der Waals surface area contributed by atoms with Gasteiger partial charge in [-0.1, -0.05) is 0 Å². The van der Waals surface area contributed by atoms with Gasteiger partial charge >= 0.3 is 0 Å². The van der Waals surface area contributed by atoms with Gasteiger partial charge in [0, 0.05) is 32.7 Å². The van der Waals surface area contributed by atoms with E-state index in [0.29, 0.717) is 37.9 Å². The number of sulfone groups is 1. The molecule has 24 heavy (non-hydrogen) atoms. The molecule has 0 aromatic carbocycles. The number of carbonyl (C=O) groups is 1. The van der Waals surface area contributed by atoms with E-state index in [1.54, 1.807) is 19.4 Å². The quantitative estimate of drug-likeness (QED) is 0.648. The van der Waals surface area contributed by atoms with Crippen LogP contribution in [0.15, 0.2) is 12.3 Å². The molecule has 1 aromatic heterocycles. The molecule has 0 aliphatic carbocycles. The minimum absolute atomic E-state index is 0.233. The molecule has 9 nitrogen and oxygen atoms in total. The summed E-state index contributed by atoms with van der Waals surface area (Å²) in [5.74, 6) is 0.0270. The molecule has 1 amide bonds. The molecule has 1 aromatic rings. The van der Waals surface area contributed by atoms with Crippen molar-refractivity contribution in [2.45, 2.75) is 6.04 Å². The predicted octanol–water partition coefficient (Wildman–Crippen LogP) is -0.521. The van der Waals surface area contributed by atoms with Crippen molar-refractivity contribution in [2.75, 3.05) is 57.3 Å². The molecule has 0 bridgehead atoms. The molecule has 1 fully saturated rings. The summed E-state index contributed by atoms with van der Waals surface area (Å²) >= 11 is 0. The Morgan fingerprint density at radius 2 is 2.33 bits per heavy atom. The highest BCUT2D eigenvalue weighted by molar-refractivity contribution is 7.91. The Balaban J connectivity index is 2.14. The van der Waals surface area contributed by atoms with Gasteiger partial charge in [-0.25, -0.2) is 18.4 Å². The fourth-order valence-corrected chi connectivity index (χ4v) is 2.95. The van der Waals surface area contributed by atoms with Gasteiger partial charge in [0.05, 0.1) is 19.8 Å². The maximum absolute atomic E-state index is 12.3. The first-order valence-electron chi connectivity index (χ1n) is 7.51. The van der Waals surface area contributed by atoms with Crippen LogP contribution in [0.3, 0.4) is 0 Å². The molecule has 1 N–H and O–H groups in total. The molecule has 1 unspecified atom stereocenters. The van der Waals surface area contributed by atoms with Crippen LogP contribution in [0.5, 0.6) is 0 Å². The van der Waals surface area contributed by atoms with E-state index < -0.39 is 27.5 Å². The van der Waals surface area contributed by atoms with E-state index in [4.69, 9.17) is 9.47 Å². The lowest BCUT2D eigenvalue weighted by atomic mass is 10.2. The van der Waals surface area contributed by atoms with E-state index in [1.165, 1.54) is 4.90 Å². The Labute approximate surface area is 141 Å². The standard InChI is InChI=1S/C14H22N4O5S/c1-22-7-5-15-12-3-4-16-14(17-12)11-9-23-8-6-18(11)13(19)10-24(2,20)21/h3-4,11H,5-10H2,1-2H3,(H,15,16,17). The van der Waals surface area contributed by atoms with Crippen LogP contribution >= 0.6 is 0 Å². The number of hydrogen-bond donors (Lipinski definition) is 1. The Morgan fingerprint density at radius 3 is 3.04 bits per heavy atom. The Kier molecular flexibility index (Phi) is 6.46. The zero-order chi connectivity index (χ0) is 17.6. The maximum atomic E-state index is 12.3. The summed E-state index contributed by atoms with van der Waals surface area (Å²) in [6.07, 6.45) is 2.63. The number of hydrogen-bond acceptors (Lipinski definition) is 8. The van der Waals surface area contributed by atoms with Crippen molar-refractivity contribution < 1.29 is 22.7 Å². The molecule has 1 saturated heterocycles. The number of nitrogens with zero attached hydrogens (tertiary/aromatic N) is 3. The van der Waals surface area contributed by atoms with E-state index in [0.717, 1.165) is 6.26 Å². The van der Waals surface area contributed by atoms with Crippen molar-refractivity contribution in [3.63, 3.8) is 0 Å². The van der Waals surface area contributed by atoms with Gasteiger partial charge in [-0.2, -0.15) is 0 Å². The molecular formula is C14H22N4O5S. The van der Waals surface area contributed by atoms with Crippen molar-refractivity contribution in [3.05, 3.63) is 18.1 Å². The van der Waals surface area contributed by atoms with E-state index in [1.807, 2.05) is 0 Å². The van der Waals surface area contributed by atoms with Crippen molar-refractivity contribution in [2.24, 2.45) is 0 Å². The van der Waals surface area contributed by atoms with Crippen LogP contribution in [0.25, 0.3) is 0 Å². The highest BCUT2D eigenvalue weighted by Gasteiger charge is 2.32. The van der Waals surface area contributed by atoms with Crippen LogP contribution in [0.1, 0.15) is 11.9 Å². The highest BCUT2D eigenvalue weighted by atomic mass is 32.2. The molecule has 1 atom stereocenters. The van der Waals surface area contributed by atoms with Crippen LogP contribution < -0.4 is 5.32 Å². The summed E-state index contributed by atoms with van der Waals surface area (Å²) in [5, 5.41) is 3.09. The van der Waals surface area contributed by atoms with Crippen molar-refractivity contribution in [1.82, 2.24) is 14.9 Å². The first kappa shape index (κ1) is 18.6. The normalized spacial score (nSPS) is 18.4. The second-order valence-corrected chi connectivity index (χ2v) is 7.61. The van der Waals surface area contributed by atoms with Gasteiger partial charge in [0.1, 0.15) is 17.6 Å². The SMILES string of the molecule is COCCNc1ccnc(C2COCCN2C(=O)CS(C)(=O)=O)n1. The van der Waals surface area contributed by atoms with Gasteiger partial charge in [0.25, 0.3) is 0 Å². The monoisotopic (exact) mass is 358 g/mol. The average Bonchev–Trinajstić information content (AvgIpc) is 2.54. The Hall–Kier alpha value is -1.78. The third-order valence-electron chi connectivity index (χ3n) is 3.42. The lowest BCUT2D eigenvalue weighted by molar-refractivity contribution is -0.137. The van der Waals surface area contributed by atoms with Gasteiger partial charge < -0.3 is 19.7 Å². The Bertz CT molecular complexity index is 667. The summed E-state index contributed by atoms with van der Waals surface area (Å²) in [5.41, 5.74) is 0. The van der Waals surface area contributed by atoms with Gasteiger partial charge in [0.15, 0.2) is 15.7 Å². The molecule has 2 rings (SSSR count). The van der Waals surface area contributed by atoms with E-state index in [-0.39, 0.29) is 6.61 Å². The number of anilines is 1. The third kappa shape index (κ3) is 5.39. The molecule has 10 heteroatoms. The summed E-state index contributed by atoms with van der Waals surface area (Å²) < 4.78 is 33.2. The first-order chi connectivity index (χ1) is 11.4. The van der Waals surface area contributed by atoms with E-state index in [9.17, 15) is 13.2 Å². The fourth-order valence-electron chi connectivity index (χ4n) is 2.34. The average molecular weight is 358 g/mol. The smallest absolute Gasteiger partial charge is 0.238 e. The highest BCUT2D eigenvalue weighted by Crippen LogP contribution is 2.22. The van der Waals surface area contributed by atoms with Crippen LogP contribution in [0.2, 0.25) is 0 Å². The number of ether oxygens (including phenoxy) is 2. The molecule has 1 aliphatic rings. The minimum Gasteiger partial charge on any atom is -0.383 e. The van der Waals surface area contributed by atoms with Crippen molar-refractivity contribution >= 4 is 21.6 Å². The van der Waals surface area contributed by atoms with Gasteiger partial charge in [0.2, 0.25) is 5.91 Å². The van der Waals surface area contributed by atoms with Gasteiger partial charge in [-0.05, 0) is 6.07 Å². The van der Waals surface area contributed by atoms with Crippen molar-refractivity contribution in [1.29, 1.82) is 0 Å². The van der Waals surface area contributed by atoms with Crippen LogP contribution in [0.4, 0.5) is 5.82 Å². The second kappa shape index (κ2) is 8.36. The lowest BCUT2D eigenvalue weighted by Gasteiger charge is -2.34. The topological polar surface area (TPSA) is 111 Å². The number of aromatic nitrogens is 2. The van der Waals surface area contributed by atoms with Crippen molar-refractivity contribution in [3.8, 4) is 0 Å². The predicted molar refractivity (Wildman–Crippen MR) is 87.4 cm³/mol. The number of amides is 1. The molecule has 0 spiro atoms. The Morgan fingerprint density at radius 1 is 1.54 bits per heavy atom.